The molecule has 0 saturated heterocycles. The van der Waals surface area contributed by atoms with Crippen molar-refractivity contribution in [3.8, 4) is 5.75 Å². The summed E-state index contributed by atoms with van der Waals surface area (Å²) in [5.74, 6) is -0.0180. The summed E-state index contributed by atoms with van der Waals surface area (Å²) in [5, 5.41) is 13.7. The van der Waals surface area contributed by atoms with Crippen molar-refractivity contribution in [3.63, 3.8) is 0 Å². The molecular weight excluding hydrogens is 565 g/mol. The highest BCUT2D eigenvalue weighted by Crippen LogP contribution is 2.24. The number of fused-ring (bicyclic) bond motifs is 1. The Kier molecular flexibility index (Phi) is 6.61. The largest absolute Gasteiger partial charge is 0.481 e. The van der Waals surface area contributed by atoms with E-state index in [1.807, 2.05) is 32.9 Å². The van der Waals surface area contributed by atoms with Crippen molar-refractivity contribution >= 4 is 61.6 Å². The molecule has 0 aliphatic rings. The van der Waals surface area contributed by atoms with Crippen molar-refractivity contribution < 1.29 is 14.6 Å². The van der Waals surface area contributed by atoms with Crippen LogP contribution in [0.5, 0.6) is 5.75 Å². The molecule has 0 bridgehead atoms. The average molecular weight is 584 g/mol. The van der Waals surface area contributed by atoms with Crippen LogP contribution in [0.2, 0.25) is 0 Å². The van der Waals surface area contributed by atoms with Gasteiger partial charge in [-0.05, 0) is 64.6 Å². The van der Waals surface area contributed by atoms with Gasteiger partial charge in [0.15, 0.2) is 6.61 Å². The summed E-state index contributed by atoms with van der Waals surface area (Å²) in [6, 6.07) is 10.6. The zero-order valence-corrected chi connectivity index (χ0v) is 20.3. The minimum absolute atomic E-state index is 0.251. The van der Waals surface area contributed by atoms with Crippen LogP contribution < -0.4 is 10.3 Å². The summed E-state index contributed by atoms with van der Waals surface area (Å²) in [5.41, 5.74) is 0.705. The van der Waals surface area contributed by atoms with E-state index in [9.17, 15) is 9.59 Å². The highest BCUT2D eigenvalue weighted by molar-refractivity contribution is 14.1. The highest BCUT2D eigenvalue weighted by Gasteiger charge is 2.22. The molecule has 2 aromatic carbocycles. The topological polar surface area (TPSA) is 93.8 Å². The van der Waals surface area contributed by atoms with E-state index in [1.165, 1.54) is 4.68 Å². The summed E-state index contributed by atoms with van der Waals surface area (Å²) in [4.78, 5) is 28.5. The van der Waals surface area contributed by atoms with Crippen LogP contribution in [0.15, 0.2) is 50.8 Å². The smallest absolute Gasteiger partial charge is 0.341 e. The first-order valence-electron chi connectivity index (χ1n) is 8.97. The Morgan fingerprint density at radius 3 is 2.67 bits per heavy atom. The quantitative estimate of drug-likeness (QED) is 0.355. The van der Waals surface area contributed by atoms with Gasteiger partial charge in [0.25, 0.3) is 5.56 Å². The minimum atomic E-state index is -1.04. The monoisotopic (exact) mass is 583 g/mol. The summed E-state index contributed by atoms with van der Waals surface area (Å²) < 4.78 is 8.10. The zero-order chi connectivity index (χ0) is 22.1. The van der Waals surface area contributed by atoms with Crippen molar-refractivity contribution in [1.29, 1.82) is 0 Å². The second-order valence-corrected chi connectivity index (χ2v) is 9.66. The molecule has 0 radical (unpaired) electrons. The number of carboxylic acid groups (broad SMARTS) is 1. The van der Waals surface area contributed by atoms with Crippen LogP contribution in [0.3, 0.4) is 0 Å². The SMILES string of the molecule is CC(C)(C)c1nc2ccc(Br)cc2c(=O)n1N=Cc1ccc(OCC(=O)O)c(I)c1. The van der Waals surface area contributed by atoms with E-state index < -0.39 is 18.0 Å². The Balaban J connectivity index is 2.05. The number of carbonyl (C=O) groups is 1. The molecule has 30 heavy (non-hydrogen) atoms. The third-order valence-corrected chi connectivity index (χ3v) is 5.44. The van der Waals surface area contributed by atoms with Crippen LogP contribution in [-0.4, -0.2) is 33.6 Å². The second kappa shape index (κ2) is 8.84. The lowest BCUT2D eigenvalue weighted by atomic mass is 9.95. The Bertz CT molecular complexity index is 1220. The maximum Gasteiger partial charge on any atom is 0.341 e. The Morgan fingerprint density at radius 2 is 2.03 bits per heavy atom. The fraction of sp³-hybridized carbons (Fsp3) is 0.238. The number of aromatic nitrogens is 2. The lowest BCUT2D eigenvalue weighted by molar-refractivity contribution is -0.139. The number of rotatable bonds is 5. The zero-order valence-electron chi connectivity index (χ0n) is 16.5. The minimum Gasteiger partial charge on any atom is -0.481 e. The number of aliphatic carboxylic acids is 1. The van der Waals surface area contributed by atoms with E-state index in [0.717, 1.165) is 13.6 Å². The standard InChI is InChI=1S/C21H19BrIN3O4/c1-21(2,3)20-25-16-6-5-13(22)9-14(16)19(29)26(20)24-10-12-4-7-17(15(23)8-12)30-11-18(27)28/h4-10H,11H2,1-3H3,(H,27,28). The van der Waals surface area contributed by atoms with E-state index >= 15 is 0 Å². The third kappa shape index (κ3) is 5.07. The van der Waals surface area contributed by atoms with Gasteiger partial charge in [-0.15, -0.1) is 0 Å². The first kappa shape index (κ1) is 22.4. The summed E-state index contributed by atoms with van der Waals surface area (Å²) in [7, 11) is 0. The van der Waals surface area contributed by atoms with Gasteiger partial charge in [0.05, 0.1) is 20.7 Å². The van der Waals surface area contributed by atoms with Gasteiger partial charge in [0.1, 0.15) is 11.6 Å². The molecule has 0 fully saturated rings. The van der Waals surface area contributed by atoms with E-state index in [1.54, 1.807) is 30.5 Å². The predicted octanol–water partition coefficient (Wildman–Crippen LogP) is 4.41. The normalized spacial score (nSPS) is 11.9. The van der Waals surface area contributed by atoms with Crippen molar-refractivity contribution in [2.24, 2.45) is 5.10 Å². The van der Waals surface area contributed by atoms with Gasteiger partial charge in [0.2, 0.25) is 0 Å². The van der Waals surface area contributed by atoms with Gasteiger partial charge < -0.3 is 9.84 Å². The van der Waals surface area contributed by atoms with Crippen molar-refractivity contribution in [1.82, 2.24) is 9.66 Å². The van der Waals surface area contributed by atoms with Gasteiger partial charge in [-0.1, -0.05) is 36.7 Å². The lowest BCUT2D eigenvalue weighted by Crippen LogP contribution is -2.29. The molecule has 0 aliphatic heterocycles. The van der Waals surface area contributed by atoms with Crippen molar-refractivity contribution in [2.75, 3.05) is 6.61 Å². The van der Waals surface area contributed by atoms with Crippen LogP contribution in [0.25, 0.3) is 10.9 Å². The maximum absolute atomic E-state index is 13.2. The summed E-state index contributed by atoms with van der Waals surface area (Å²) in [6.45, 7) is 5.51. The average Bonchev–Trinajstić information content (AvgIpc) is 2.66. The van der Waals surface area contributed by atoms with Crippen LogP contribution in [0.1, 0.15) is 32.2 Å². The molecule has 0 saturated carbocycles. The molecule has 1 aromatic heterocycles. The van der Waals surface area contributed by atoms with Gasteiger partial charge in [-0.2, -0.15) is 9.78 Å². The molecule has 1 heterocycles. The Labute approximate surface area is 195 Å². The van der Waals surface area contributed by atoms with Crippen LogP contribution in [-0.2, 0) is 10.2 Å². The highest BCUT2D eigenvalue weighted by atomic mass is 127. The molecule has 0 atom stereocenters. The number of benzene rings is 2. The van der Waals surface area contributed by atoms with E-state index in [4.69, 9.17) is 9.84 Å². The lowest BCUT2D eigenvalue weighted by Gasteiger charge is -2.20. The molecule has 0 unspecified atom stereocenters. The number of hydrogen-bond acceptors (Lipinski definition) is 5. The molecular formula is C21H19BrIN3O4. The molecule has 156 valence electrons. The summed E-state index contributed by atoms with van der Waals surface area (Å²) in [6.07, 6.45) is 1.57. The molecule has 0 aliphatic carbocycles. The van der Waals surface area contributed by atoms with Crippen molar-refractivity contribution in [2.45, 2.75) is 26.2 Å². The molecule has 1 N–H and O–H groups in total. The maximum atomic E-state index is 13.2. The van der Waals surface area contributed by atoms with Crippen LogP contribution in [0.4, 0.5) is 0 Å². The number of carboxylic acids is 1. The molecule has 9 heteroatoms. The third-order valence-electron chi connectivity index (χ3n) is 4.11. The Hall–Kier alpha value is -2.27. The van der Waals surface area contributed by atoms with Crippen LogP contribution >= 0.6 is 38.5 Å². The predicted molar refractivity (Wildman–Crippen MR) is 128 cm³/mol. The Morgan fingerprint density at radius 1 is 1.30 bits per heavy atom. The van der Waals surface area contributed by atoms with Gasteiger partial charge in [-0.3, -0.25) is 4.79 Å². The summed E-state index contributed by atoms with van der Waals surface area (Å²) >= 11 is 5.46. The first-order chi connectivity index (χ1) is 14.1. The number of nitrogens with zero attached hydrogens (tertiary/aromatic N) is 3. The van der Waals surface area contributed by atoms with E-state index in [2.05, 4.69) is 48.6 Å². The van der Waals surface area contributed by atoms with Crippen LogP contribution in [0, 0.1) is 3.57 Å². The molecule has 0 spiro atoms. The van der Waals surface area contributed by atoms with Gasteiger partial charge in [0, 0.05) is 9.89 Å². The van der Waals surface area contributed by atoms with Crippen molar-refractivity contribution in [3.05, 3.63) is 66.2 Å². The number of ether oxygens (including phenoxy) is 1. The molecule has 7 nitrogen and oxygen atoms in total. The molecule has 0 amide bonds. The van der Waals surface area contributed by atoms with Gasteiger partial charge >= 0.3 is 5.97 Å². The molecule has 3 rings (SSSR count). The fourth-order valence-corrected chi connectivity index (χ4v) is 3.78. The fourth-order valence-electron chi connectivity index (χ4n) is 2.72. The first-order valence-corrected chi connectivity index (χ1v) is 10.8. The van der Waals surface area contributed by atoms with Gasteiger partial charge in [-0.25, -0.2) is 9.78 Å². The molecule has 3 aromatic rings. The number of halogens is 2. The van der Waals surface area contributed by atoms with E-state index in [0.29, 0.717) is 22.5 Å². The van der Waals surface area contributed by atoms with E-state index in [-0.39, 0.29) is 5.56 Å². The second-order valence-electron chi connectivity index (χ2n) is 7.58. The number of hydrogen-bond donors (Lipinski definition) is 1.